The van der Waals surface area contributed by atoms with Crippen molar-refractivity contribution in [3.05, 3.63) is 0 Å². The summed E-state index contributed by atoms with van der Waals surface area (Å²) in [5.41, 5.74) is 9.81. The first-order valence-electron chi connectivity index (χ1n) is 2.81. The Morgan fingerprint density at radius 3 is 1.29 bits per heavy atom. The average Bonchev–Trinajstić information content (AvgIpc) is 1.80. The van der Waals surface area contributed by atoms with Crippen molar-refractivity contribution in [3.63, 3.8) is 0 Å². The maximum absolute atomic E-state index is 9.48. The minimum absolute atomic E-state index is 0. The third-order valence-corrected chi connectivity index (χ3v) is 2.02. The molecule has 2 unspecified atom stereocenters. The summed E-state index contributed by atoms with van der Waals surface area (Å²) in [5, 5.41) is 0. The zero-order valence-electron chi connectivity index (χ0n) is 6.72. The summed E-state index contributed by atoms with van der Waals surface area (Å²) in [7, 11) is -10.7. The van der Waals surface area contributed by atoms with Crippen LogP contribution in [0.2, 0.25) is 0 Å². The Kier molecular flexibility index (Phi) is 13.2. The Bertz CT molecular complexity index is 190. The molecule has 0 saturated carbocycles. The first kappa shape index (κ1) is 20.3. The van der Waals surface area contributed by atoms with E-state index in [4.69, 9.17) is 21.3 Å². The van der Waals surface area contributed by atoms with Crippen LogP contribution in [0.3, 0.4) is 0 Å². The van der Waals surface area contributed by atoms with Crippen LogP contribution in [0, 0.1) is 0 Å². The second kappa shape index (κ2) is 9.12. The van der Waals surface area contributed by atoms with Crippen LogP contribution >= 0.6 is 15.6 Å². The van der Waals surface area contributed by atoms with Crippen molar-refractivity contribution in [1.82, 2.24) is 0 Å². The molecule has 0 aromatic carbocycles. The molecule has 90 valence electrons. The van der Waals surface area contributed by atoms with Crippen LogP contribution in [-0.4, -0.2) is 22.9 Å². The van der Waals surface area contributed by atoms with Crippen LogP contribution in [0.25, 0.3) is 0 Å². The van der Waals surface area contributed by atoms with E-state index < -0.39 is 15.6 Å². The van der Waals surface area contributed by atoms with E-state index in [0.29, 0.717) is 13.1 Å². The Labute approximate surface area is 94.6 Å². The van der Waals surface area contributed by atoms with Crippen molar-refractivity contribution in [2.45, 2.75) is 0 Å². The zero-order chi connectivity index (χ0) is 11.1. The van der Waals surface area contributed by atoms with Crippen LogP contribution in [0.1, 0.15) is 0 Å². The Balaban J connectivity index is -0.000000209. The molecule has 0 rings (SSSR count). The molecule has 0 amide bonds. The number of phosphoric acid groups is 2. The van der Waals surface area contributed by atoms with Gasteiger partial charge in [-0.05, 0) is 0 Å². The molecule has 0 fully saturated rings. The van der Waals surface area contributed by atoms with E-state index in [9.17, 15) is 18.9 Å². The normalized spacial score (nSPS) is 17.9. The molecular formula is C2H10N2O7P2Pt. The summed E-state index contributed by atoms with van der Waals surface area (Å²) in [4.78, 5) is 34.1. The second-order valence-electron chi connectivity index (χ2n) is 1.60. The van der Waals surface area contributed by atoms with Gasteiger partial charge in [-0.1, -0.05) is 0 Å². The molecule has 0 spiro atoms. The van der Waals surface area contributed by atoms with E-state index in [1.165, 1.54) is 0 Å². The van der Waals surface area contributed by atoms with Gasteiger partial charge in [0.2, 0.25) is 0 Å². The fourth-order valence-corrected chi connectivity index (χ4v) is 1.17. The van der Waals surface area contributed by atoms with E-state index in [0.717, 1.165) is 0 Å². The smallest absolute Gasteiger partial charge is 0.756 e. The van der Waals surface area contributed by atoms with Gasteiger partial charge in [-0.25, -0.2) is 4.31 Å². The van der Waals surface area contributed by atoms with Gasteiger partial charge in [0.15, 0.2) is 0 Å². The maximum Gasteiger partial charge on any atom is 2.00 e. The fraction of sp³-hybridized carbons (Fsp3) is 1.00. The molecule has 0 aliphatic heterocycles. The van der Waals surface area contributed by atoms with Gasteiger partial charge in [-0.15, -0.1) is 0 Å². The van der Waals surface area contributed by atoms with Crippen molar-refractivity contribution in [1.29, 1.82) is 0 Å². The van der Waals surface area contributed by atoms with Crippen molar-refractivity contribution >= 4 is 15.6 Å². The van der Waals surface area contributed by atoms with E-state index in [1.807, 2.05) is 0 Å². The van der Waals surface area contributed by atoms with Gasteiger partial charge in [0.1, 0.15) is 0 Å². The first-order chi connectivity index (χ1) is 5.62. The second-order valence-corrected chi connectivity index (χ2v) is 4.12. The Hall–Kier alpha value is 0.868. The standard InChI is InChI=1S/C2H8N2.H4O7P2.Pt/c3-1-2-4;1-8(2,3)7-9(4,5)6;/h1-4H2;(H2,1,2,3)(H2,4,5,6);/q;;+2/p-2. The predicted molar refractivity (Wildman–Crippen MR) is 38.8 cm³/mol. The fourth-order valence-electron chi connectivity index (χ4n) is 0.130. The molecule has 0 radical (unpaired) electrons. The van der Waals surface area contributed by atoms with Crippen molar-refractivity contribution in [2.24, 2.45) is 11.5 Å². The van der Waals surface area contributed by atoms with Gasteiger partial charge in [-0.2, -0.15) is 0 Å². The SMILES string of the molecule is NCCN.O=P([O-])(O)OP(=O)([O-])O.[Pt+2]. The molecule has 0 saturated heterocycles. The Morgan fingerprint density at radius 1 is 1.07 bits per heavy atom. The number of hydrogen-bond donors (Lipinski definition) is 4. The first-order valence-corrected chi connectivity index (χ1v) is 5.80. The molecule has 0 bridgehead atoms. The monoisotopic (exact) mass is 431 g/mol. The maximum atomic E-state index is 9.48. The number of hydrogen-bond acceptors (Lipinski definition) is 7. The molecule has 12 heteroatoms. The molecule has 0 heterocycles. The molecular weight excluding hydrogens is 421 g/mol. The summed E-state index contributed by atoms with van der Waals surface area (Å²) in [6.45, 7) is 1.19. The minimum Gasteiger partial charge on any atom is -0.756 e. The molecule has 9 nitrogen and oxygen atoms in total. The summed E-state index contributed by atoms with van der Waals surface area (Å²) in [5.74, 6) is 0. The van der Waals surface area contributed by atoms with Crippen LogP contribution in [-0.2, 0) is 34.5 Å². The van der Waals surface area contributed by atoms with Crippen molar-refractivity contribution in [2.75, 3.05) is 13.1 Å². The molecule has 0 aromatic rings. The summed E-state index contributed by atoms with van der Waals surface area (Å²) < 4.78 is 21.7. The largest absolute Gasteiger partial charge is 2.00 e. The van der Waals surface area contributed by atoms with Crippen LogP contribution in [0.15, 0.2) is 0 Å². The third-order valence-electron chi connectivity index (χ3n) is 0.373. The van der Waals surface area contributed by atoms with E-state index in [-0.39, 0.29) is 21.1 Å². The van der Waals surface area contributed by atoms with Crippen LogP contribution in [0.4, 0.5) is 0 Å². The van der Waals surface area contributed by atoms with Crippen LogP contribution < -0.4 is 21.3 Å². The van der Waals surface area contributed by atoms with E-state index in [2.05, 4.69) is 4.31 Å². The van der Waals surface area contributed by atoms with Gasteiger partial charge in [0.05, 0.1) is 0 Å². The topological polar surface area (TPSA) is 182 Å². The predicted octanol–water partition coefficient (Wildman–Crippen LogP) is -3.17. The zero-order valence-corrected chi connectivity index (χ0v) is 10.8. The summed E-state index contributed by atoms with van der Waals surface area (Å²) >= 11 is 0. The van der Waals surface area contributed by atoms with Crippen LogP contribution in [0.5, 0.6) is 0 Å². The van der Waals surface area contributed by atoms with Gasteiger partial charge in [0, 0.05) is 13.1 Å². The minimum atomic E-state index is -5.36. The summed E-state index contributed by atoms with van der Waals surface area (Å²) in [6, 6.07) is 0. The van der Waals surface area contributed by atoms with Gasteiger partial charge in [-0.3, -0.25) is 9.13 Å². The van der Waals surface area contributed by atoms with Crippen molar-refractivity contribution < 1.29 is 54.1 Å². The number of rotatable bonds is 3. The summed E-state index contributed by atoms with van der Waals surface area (Å²) in [6.07, 6.45) is 0. The quantitative estimate of drug-likeness (QED) is 0.335. The van der Waals surface area contributed by atoms with Gasteiger partial charge < -0.3 is 31.0 Å². The third kappa shape index (κ3) is 29.3. The molecule has 0 aliphatic carbocycles. The Morgan fingerprint density at radius 2 is 1.29 bits per heavy atom. The number of nitrogens with two attached hydrogens (primary N) is 2. The van der Waals surface area contributed by atoms with E-state index >= 15 is 0 Å². The molecule has 0 aliphatic rings. The van der Waals surface area contributed by atoms with Gasteiger partial charge >= 0.3 is 21.1 Å². The van der Waals surface area contributed by atoms with Crippen molar-refractivity contribution in [3.8, 4) is 0 Å². The van der Waals surface area contributed by atoms with E-state index in [1.54, 1.807) is 0 Å². The molecule has 6 N–H and O–H groups in total. The molecule has 0 aromatic heterocycles. The average molecular weight is 431 g/mol. The van der Waals surface area contributed by atoms with Gasteiger partial charge in [0.25, 0.3) is 15.6 Å². The molecule has 14 heavy (non-hydrogen) atoms. The molecule has 2 atom stereocenters.